The summed E-state index contributed by atoms with van der Waals surface area (Å²) in [5, 5.41) is 0. The first-order chi connectivity index (χ1) is 6.42. The van der Waals surface area contributed by atoms with Gasteiger partial charge < -0.3 is 0 Å². The maximum Gasteiger partial charge on any atom is 0.344 e. The van der Waals surface area contributed by atoms with E-state index in [4.69, 9.17) is 4.55 Å². The molecule has 0 saturated heterocycles. The fraction of sp³-hybridized carbons (Fsp3) is 0.375. The Hall–Kier alpha value is -0.460. The molecule has 1 N–H and O–H groups in total. The highest BCUT2D eigenvalue weighted by Gasteiger charge is 2.48. The van der Waals surface area contributed by atoms with Gasteiger partial charge in [0, 0.05) is 34.5 Å². The molecule has 6 heteroatoms. The highest BCUT2D eigenvalue weighted by Crippen LogP contribution is 2.27. The number of pyridine rings is 1. The lowest BCUT2D eigenvalue weighted by Crippen LogP contribution is -2.55. The largest absolute Gasteiger partial charge is 0.344 e. The van der Waals surface area contributed by atoms with E-state index in [1.807, 2.05) is 0 Å². The van der Waals surface area contributed by atoms with Gasteiger partial charge in [-0.05, 0) is 0 Å². The summed E-state index contributed by atoms with van der Waals surface area (Å²) >= 11 is 3.04. The lowest BCUT2D eigenvalue weighted by atomic mass is 10.4. The highest BCUT2D eigenvalue weighted by molar-refractivity contribution is 9.11. The minimum Gasteiger partial charge on any atom is -0.279 e. The predicted molar refractivity (Wildman–Crippen MR) is 55.4 cm³/mol. The number of nitrogens with zero attached hydrogens (tertiary/aromatic N) is 1. The third-order valence-corrected chi connectivity index (χ3v) is 5.42. The molecule has 0 fully saturated rings. The van der Waals surface area contributed by atoms with Crippen molar-refractivity contribution in [3.63, 3.8) is 0 Å². The number of rotatable bonds is 3. The first kappa shape index (κ1) is 11.6. The van der Waals surface area contributed by atoms with Gasteiger partial charge in [0.2, 0.25) is 0 Å². The van der Waals surface area contributed by atoms with Gasteiger partial charge in [-0.15, -0.1) is 0 Å². The van der Waals surface area contributed by atoms with Gasteiger partial charge in [0.05, 0.1) is 0 Å². The van der Waals surface area contributed by atoms with Gasteiger partial charge in [-0.3, -0.25) is 4.55 Å². The summed E-state index contributed by atoms with van der Waals surface area (Å²) in [6.45, 7) is 1.67. The van der Waals surface area contributed by atoms with Crippen LogP contribution in [-0.2, 0) is 13.9 Å². The van der Waals surface area contributed by atoms with Crippen LogP contribution in [0.2, 0.25) is 0 Å². The van der Waals surface area contributed by atoms with E-state index >= 15 is 0 Å². The van der Waals surface area contributed by atoms with Crippen molar-refractivity contribution in [3.8, 4) is 0 Å². The molecule has 1 aromatic heterocycles. The predicted octanol–water partition coefficient (Wildman–Crippen LogP) is 1.28. The molecule has 0 aliphatic rings. The summed E-state index contributed by atoms with van der Waals surface area (Å²) in [5.41, 5.74) is 0. The number of halogens is 1. The smallest absolute Gasteiger partial charge is 0.279 e. The zero-order chi connectivity index (χ0) is 10.8. The Labute approximate surface area is 91.5 Å². The normalized spacial score (nSPS) is 16.2. The molecule has 1 atom stereocenters. The molecule has 0 aromatic carbocycles. The minimum atomic E-state index is -4.19. The van der Waals surface area contributed by atoms with Crippen LogP contribution in [0.5, 0.6) is 0 Å². The number of hydrogen-bond donors (Lipinski definition) is 1. The second-order valence-corrected chi connectivity index (χ2v) is 6.26. The van der Waals surface area contributed by atoms with Gasteiger partial charge in [-0.2, -0.15) is 13.0 Å². The summed E-state index contributed by atoms with van der Waals surface area (Å²) in [6.07, 6.45) is 3.37. The van der Waals surface area contributed by atoms with Crippen molar-refractivity contribution in [1.82, 2.24) is 0 Å². The summed E-state index contributed by atoms with van der Waals surface area (Å²) < 4.78 is 31.4. The summed E-state index contributed by atoms with van der Waals surface area (Å²) in [5.74, 6) is 0. The van der Waals surface area contributed by atoms with Gasteiger partial charge in [-0.1, -0.05) is 13.0 Å². The van der Waals surface area contributed by atoms with Crippen molar-refractivity contribution in [2.45, 2.75) is 17.1 Å². The zero-order valence-electron chi connectivity index (χ0n) is 7.59. The molecular weight excluding hydrogens is 270 g/mol. The van der Waals surface area contributed by atoms with Crippen LogP contribution in [-0.4, -0.2) is 13.0 Å². The van der Waals surface area contributed by atoms with Crippen LogP contribution >= 0.6 is 15.9 Å². The summed E-state index contributed by atoms with van der Waals surface area (Å²) in [7, 11) is -4.19. The van der Waals surface area contributed by atoms with Crippen molar-refractivity contribution in [2.75, 3.05) is 0 Å². The average Bonchev–Trinajstić information content (AvgIpc) is 2.16. The maximum absolute atomic E-state index is 11.2. The van der Waals surface area contributed by atoms with E-state index in [9.17, 15) is 8.42 Å². The Kier molecular flexibility index (Phi) is 3.28. The Bertz CT molecular complexity index is 406. The van der Waals surface area contributed by atoms with Crippen molar-refractivity contribution in [3.05, 3.63) is 30.6 Å². The van der Waals surface area contributed by atoms with Crippen LogP contribution in [0.4, 0.5) is 0 Å². The molecule has 78 valence electrons. The molecule has 0 aliphatic carbocycles. The quantitative estimate of drug-likeness (QED) is 0.516. The summed E-state index contributed by atoms with van der Waals surface area (Å²) in [6, 6.07) is 5.15. The van der Waals surface area contributed by atoms with Gasteiger partial charge >= 0.3 is 13.9 Å². The van der Waals surface area contributed by atoms with E-state index in [0.717, 1.165) is 0 Å². The molecule has 0 spiro atoms. The Morgan fingerprint density at radius 1 is 1.36 bits per heavy atom. The van der Waals surface area contributed by atoms with Crippen LogP contribution in [0.3, 0.4) is 0 Å². The Balaban J connectivity index is 3.30. The lowest BCUT2D eigenvalue weighted by Gasteiger charge is -2.16. The van der Waals surface area contributed by atoms with Gasteiger partial charge in [-0.25, -0.2) is 0 Å². The van der Waals surface area contributed by atoms with E-state index in [1.165, 1.54) is 4.57 Å². The first-order valence-electron chi connectivity index (χ1n) is 4.04. The maximum atomic E-state index is 11.2. The lowest BCUT2D eigenvalue weighted by molar-refractivity contribution is -0.714. The van der Waals surface area contributed by atoms with Crippen LogP contribution in [0.25, 0.3) is 0 Å². The fourth-order valence-corrected chi connectivity index (χ4v) is 2.11. The molecule has 0 saturated carbocycles. The number of alkyl halides is 1. The summed E-state index contributed by atoms with van der Waals surface area (Å²) in [4.78, 5) is 0. The molecule has 0 bridgehead atoms. The van der Waals surface area contributed by atoms with E-state index in [0.29, 0.717) is 0 Å². The second-order valence-electron chi connectivity index (χ2n) is 2.80. The highest BCUT2D eigenvalue weighted by atomic mass is 79.9. The molecule has 4 nitrogen and oxygen atoms in total. The number of aromatic nitrogens is 1. The molecule has 1 rings (SSSR count). The monoisotopic (exact) mass is 280 g/mol. The molecular formula is C8H11BrNO3S+. The zero-order valence-corrected chi connectivity index (χ0v) is 9.99. The van der Waals surface area contributed by atoms with Crippen LogP contribution in [0.15, 0.2) is 30.6 Å². The molecule has 1 unspecified atom stereocenters. The standard InChI is InChI=1S/C8H10BrNO3S/c1-2-8(9,14(11,12)13)10-6-4-3-5-7-10/h3-7H,2H2,1H3/p+1. The van der Waals surface area contributed by atoms with Gasteiger partial charge in [0.15, 0.2) is 12.4 Å². The molecule has 0 aliphatic heterocycles. The Morgan fingerprint density at radius 2 is 1.86 bits per heavy atom. The third-order valence-electron chi connectivity index (χ3n) is 1.93. The van der Waals surface area contributed by atoms with Crippen LogP contribution in [0.1, 0.15) is 13.3 Å². The van der Waals surface area contributed by atoms with Gasteiger partial charge in [0.25, 0.3) is 0 Å². The van der Waals surface area contributed by atoms with E-state index in [2.05, 4.69) is 15.9 Å². The van der Waals surface area contributed by atoms with Crippen LogP contribution in [0, 0.1) is 0 Å². The topological polar surface area (TPSA) is 58.2 Å². The molecule has 14 heavy (non-hydrogen) atoms. The molecule has 0 amide bonds. The van der Waals surface area contributed by atoms with E-state index in [-0.39, 0.29) is 6.42 Å². The van der Waals surface area contributed by atoms with Crippen molar-refractivity contribution in [2.24, 2.45) is 0 Å². The van der Waals surface area contributed by atoms with Gasteiger partial charge in [0.1, 0.15) is 0 Å². The molecule has 1 aromatic rings. The average molecular weight is 281 g/mol. The molecule has 1 heterocycles. The third kappa shape index (κ3) is 1.97. The molecule has 0 radical (unpaired) electrons. The van der Waals surface area contributed by atoms with Crippen molar-refractivity contribution < 1.29 is 17.5 Å². The van der Waals surface area contributed by atoms with E-state index < -0.39 is 13.9 Å². The minimum absolute atomic E-state index is 0.223. The van der Waals surface area contributed by atoms with Crippen LogP contribution < -0.4 is 4.57 Å². The second kappa shape index (κ2) is 3.96. The Morgan fingerprint density at radius 3 is 2.21 bits per heavy atom. The number of hydrogen-bond acceptors (Lipinski definition) is 2. The first-order valence-corrected chi connectivity index (χ1v) is 6.28. The van der Waals surface area contributed by atoms with Crippen molar-refractivity contribution in [1.29, 1.82) is 0 Å². The van der Waals surface area contributed by atoms with Crippen molar-refractivity contribution >= 4 is 26.0 Å². The fourth-order valence-electron chi connectivity index (χ4n) is 1.12. The SMILES string of the molecule is CCC(Br)([n+]1ccccc1)S(=O)(=O)O. The van der Waals surface area contributed by atoms with E-state index in [1.54, 1.807) is 37.5 Å².